The van der Waals surface area contributed by atoms with E-state index in [1.165, 1.54) is 12.3 Å². The number of nitrogen functional groups attached to an aromatic ring is 1. The quantitative estimate of drug-likeness (QED) is 0.702. The van der Waals surface area contributed by atoms with E-state index in [9.17, 15) is 13.2 Å². The molecule has 1 aromatic rings. The maximum Gasteiger partial charge on any atom is 0.252 e. The second-order valence-corrected chi connectivity index (χ2v) is 7.24. The van der Waals surface area contributed by atoms with Gasteiger partial charge in [-0.2, -0.15) is 0 Å². The van der Waals surface area contributed by atoms with Crippen LogP contribution in [-0.4, -0.2) is 36.4 Å². The summed E-state index contributed by atoms with van der Waals surface area (Å²) in [6, 6.07) is 1.42. The average molecular weight is 284 g/mol. The molecule has 19 heavy (non-hydrogen) atoms. The molecule has 0 aliphatic carbocycles. The molecule has 1 aliphatic heterocycles. The fourth-order valence-electron chi connectivity index (χ4n) is 2.16. The zero-order valence-corrected chi connectivity index (χ0v) is 11.3. The Balaban J connectivity index is 2.32. The highest BCUT2D eigenvalue weighted by Gasteiger charge is 2.39. The number of rotatable bonds is 3. The fraction of sp³-hybridized carbons (Fsp3) is 0.455. The first-order valence-corrected chi connectivity index (χ1v) is 7.57. The van der Waals surface area contributed by atoms with E-state index in [0.29, 0.717) is 12.1 Å². The van der Waals surface area contributed by atoms with Gasteiger partial charge in [0.15, 0.2) is 9.84 Å². The Labute approximate surface area is 111 Å². The number of sulfone groups is 1. The molecule has 1 aromatic heterocycles. The number of amides is 1. The second-order valence-electron chi connectivity index (χ2n) is 5.06. The molecule has 0 radical (unpaired) electrons. The van der Waals surface area contributed by atoms with Crippen LogP contribution in [0.4, 0.5) is 11.5 Å². The molecule has 1 atom stereocenters. The molecule has 8 heteroatoms. The Morgan fingerprint density at radius 1 is 1.53 bits per heavy atom. The third-order valence-corrected chi connectivity index (χ3v) is 5.00. The number of pyridine rings is 1. The van der Waals surface area contributed by atoms with E-state index < -0.39 is 21.3 Å². The topological polar surface area (TPSA) is 128 Å². The third-order valence-electron chi connectivity index (χ3n) is 3.10. The van der Waals surface area contributed by atoms with Gasteiger partial charge in [0.25, 0.3) is 5.91 Å². The van der Waals surface area contributed by atoms with Gasteiger partial charge >= 0.3 is 0 Å². The Morgan fingerprint density at radius 2 is 2.21 bits per heavy atom. The predicted molar refractivity (Wildman–Crippen MR) is 72.5 cm³/mol. The summed E-state index contributed by atoms with van der Waals surface area (Å²) in [4.78, 5) is 15.4. The van der Waals surface area contributed by atoms with Crippen molar-refractivity contribution in [3.05, 3.63) is 17.8 Å². The number of hydrogen-bond donors (Lipinski definition) is 3. The summed E-state index contributed by atoms with van der Waals surface area (Å²) in [5.74, 6) is -0.269. The lowest BCUT2D eigenvalue weighted by Gasteiger charge is -2.25. The van der Waals surface area contributed by atoms with Crippen molar-refractivity contribution in [2.24, 2.45) is 5.73 Å². The Kier molecular flexibility index (Phi) is 3.13. The Morgan fingerprint density at radius 3 is 2.74 bits per heavy atom. The predicted octanol–water partition coefficient (Wildman–Crippen LogP) is -0.248. The number of anilines is 2. The van der Waals surface area contributed by atoms with E-state index in [1.807, 2.05) is 0 Å². The zero-order chi connectivity index (χ0) is 14.3. The maximum absolute atomic E-state index is 11.5. The van der Waals surface area contributed by atoms with E-state index >= 15 is 0 Å². The highest BCUT2D eigenvalue weighted by molar-refractivity contribution is 7.91. The van der Waals surface area contributed by atoms with E-state index in [2.05, 4.69) is 10.3 Å². The first kappa shape index (κ1) is 13.6. The van der Waals surface area contributed by atoms with Crippen LogP contribution in [0.3, 0.4) is 0 Å². The Bertz CT molecular complexity index is 629. The molecular weight excluding hydrogens is 268 g/mol. The van der Waals surface area contributed by atoms with Crippen molar-refractivity contribution < 1.29 is 13.2 Å². The fourth-order valence-corrected chi connectivity index (χ4v) is 4.26. The van der Waals surface area contributed by atoms with Crippen molar-refractivity contribution in [1.29, 1.82) is 0 Å². The van der Waals surface area contributed by atoms with Crippen LogP contribution < -0.4 is 16.8 Å². The largest absolute Gasteiger partial charge is 0.397 e. The molecule has 0 aromatic carbocycles. The molecule has 2 rings (SSSR count). The van der Waals surface area contributed by atoms with Crippen molar-refractivity contribution in [2.45, 2.75) is 18.9 Å². The van der Waals surface area contributed by atoms with Gasteiger partial charge in [-0.1, -0.05) is 0 Å². The number of nitrogens with two attached hydrogens (primary N) is 2. The molecule has 1 aliphatic rings. The van der Waals surface area contributed by atoms with Crippen molar-refractivity contribution >= 4 is 27.2 Å². The number of carbonyl (C=O) groups excluding carboxylic acids is 1. The van der Waals surface area contributed by atoms with Crippen molar-refractivity contribution in [1.82, 2.24) is 4.98 Å². The van der Waals surface area contributed by atoms with Crippen molar-refractivity contribution in [3.8, 4) is 0 Å². The van der Waals surface area contributed by atoms with Crippen LogP contribution in [0.5, 0.6) is 0 Å². The van der Waals surface area contributed by atoms with Gasteiger partial charge in [-0.3, -0.25) is 4.79 Å². The summed E-state index contributed by atoms with van der Waals surface area (Å²) >= 11 is 0. The van der Waals surface area contributed by atoms with Crippen LogP contribution in [0.25, 0.3) is 0 Å². The van der Waals surface area contributed by atoms with Gasteiger partial charge in [-0.25, -0.2) is 13.4 Å². The van der Waals surface area contributed by atoms with Gasteiger partial charge in [0.2, 0.25) is 0 Å². The minimum absolute atomic E-state index is 0.00422. The van der Waals surface area contributed by atoms with E-state index in [0.717, 1.165) is 0 Å². The van der Waals surface area contributed by atoms with Crippen LogP contribution in [0, 0.1) is 0 Å². The molecule has 1 amide bonds. The maximum atomic E-state index is 11.5. The molecule has 1 fully saturated rings. The van der Waals surface area contributed by atoms with Crippen LogP contribution in [0.1, 0.15) is 23.7 Å². The average Bonchev–Trinajstić information content (AvgIpc) is 2.55. The number of nitrogens with one attached hydrogen (secondary N) is 1. The van der Waals surface area contributed by atoms with Crippen molar-refractivity contribution in [2.75, 3.05) is 22.6 Å². The van der Waals surface area contributed by atoms with Crippen LogP contribution in [-0.2, 0) is 9.84 Å². The van der Waals surface area contributed by atoms with Crippen molar-refractivity contribution in [3.63, 3.8) is 0 Å². The molecular formula is C11H16N4O3S. The molecule has 0 saturated carbocycles. The third kappa shape index (κ3) is 2.95. The molecule has 104 valence electrons. The molecule has 2 heterocycles. The number of carbonyl (C=O) groups is 1. The number of primary amides is 1. The van der Waals surface area contributed by atoms with Crippen LogP contribution in [0.2, 0.25) is 0 Å². The highest BCUT2D eigenvalue weighted by atomic mass is 32.2. The normalized spacial score (nSPS) is 25.1. The molecule has 0 spiro atoms. The van der Waals surface area contributed by atoms with Gasteiger partial charge in [-0.05, 0) is 19.4 Å². The summed E-state index contributed by atoms with van der Waals surface area (Å²) < 4.78 is 23.1. The molecule has 7 nitrogen and oxygen atoms in total. The number of nitrogens with zero attached hydrogens (tertiary/aromatic N) is 1. The van der Waals surface area contributed by atoms with Gasteiger partial charge < -0.3 is 16.8 Å². The monoisotopic (exact) mass is 284 g/mol. The smallest absolute Gasteiger partial charge is 0.252 e. The molecule has 1 saturated heterocycles. The lowest BCUT2D eigenvalue weighted by molar-refractivity contribution is 0.100. The van der Waals surface area contributed by atoms with Gasteiger partial charge in [0.05, 0.1) is 34.5 Å². The summed E-state index contributed by atoms with van der Waals surface area (Å²) in [6.07, 6.45) is 1.85. The molecule has 5 N–H and O–H groups in total. The van der Waals surface area contributed by atoms with Crippen LogP contribution in [0.15, 0.2) is 12.3 Å². The van der Waals surface area contributed by atoms with E-state index in [-0.39, 0.29) is 22.9 Å². The molecule has 0 bridgehead atoms. The minimum Gasteiger partial charge on any atom is -0.397 e. The lowest BCUT2D eigenvalue weighted by Crippen LogP contribution is -2.37. The highest BCUT2D eigenvalue weighted by Crippen LogP contribution is 2.28. The SMILES string of the molecule is CC1(Nc2ncc(N)cc2C(N)=O)CCS(=O)(=O)C1. The second kappa shape index (κ2) is 4.37. The minimum atomic E-state index is -3.05. The summed E-state index contributed by atoms with van der Waals surface area (Å²) in [6.45, 7) is 1.78. The first-order valence-electron chi connectivity index (χ1n) is 5.75. The zero-order valence-electron chi connectivity index (χ0n) is 10.5. The van der Waals surface area contributed by atoms with Crippen LogP contribution >= 0.6 is 0 Å². The summed E-state index contributed by atoms with van der Waals surface area (Å²) in [5, 5.41) is 3.00. The lowest BCUT2D eigenvalue weighted by atomic mass is 10.0. The van der Waals surface area contributed by atoms with Gasteiger partial charge in [0, 0.05) is 0 Å². The first-order chi connectivity index (χ1) is 8.71. The Hall–Kier alpha value is -1.83. The standard InChI is InChI=1S/C11H16N4O3S/c1-11(2-3-19(17,18)6-11)15-10-8(9(13)16)4-7(12)5-14-10/h4-5H,2-3,6,12H2,1H3,(H2,13,16)(H,14,15). The number of hydrogen-bond acceptors (Lipinski definition) is 6. The number of aromatic nitrogens is 1. The van der Waals surface area contributed by atoms with Gasteiger partial charge in [0.1, 0.15) is 5.82 Å². The summed E-state index contributed by atoms with van der Waals surface area (Å²) in [7, 11) is -3.05. The van der Waals surface area contributed by atoms with Gasteiger partial charge in [-0.15, -0.1) is 0 Å². The summed E-state index contributed by atoms with van der Waals surface area (Å²) in [5.41, 5.74) is 10.7. The van der Waals surface area contributed by atoms with E-state index in [4.69, 9.17) is 11.5 Å². The molecule has 1 unspecified atom stereocenters. The van der Waals surface area contributed by atoms with E-state index in [1.54, 1.807) is 6.92 Å².